The van der Waals surface area contributed by atoms with Crippen LogP contribution in [0.25, 0.3) is 11.3 Å². The van der Waals surface area contributed by atoms with Crippen LogP contribution in [0, 0.1) is 31.1 Å². The summed E-state index contributed by atoms with van der Waals surface area (Å²) in [7, 11) is -3.97. The number of nitrogens with one attached hydrogen (secondary N) is 2. The summed E-state index contributed by atoms with van der Waals surface area (Å²) < 4.78 is 36.4. The molecule has 2 heterocycles. The standard InChI is InChI=1S/C33H42N4O4S/c1-7-28(38)34-25-14-23(15-25)31-22-12-9-13-26(16-22)42(39,40)37-32-35-27(30-20(2)10-8-11-21(30)3)17-29(36-32)41-19-24(31)18-33(4,5)6/h8-13,16-17,23-25,31H,7,14-15,18-19H2,1-6H3,(H,34,38)(H,35,36,37)/t23-,24-,25+,31?/m1/s1. The minimum Gasteiger partial charge on any atom is -0.477 e. The molecule has 224 valence electrons. The first-order valence-electron chi connectivity index (χ1n) is 14.8. The second-order valence-corrected chi connectivity index (χ2v) is 14.8. The van der Waals surface area contributed by atoms with Gasteiger partial charge in [-0.15, -0.1) is 0 Å². The Labute approximate surface area is 249 Å². The average Bonchev–Trinajstić information content (AvgIpc) is 2.88. The van der Waals surface area contributed by atoms with Crippen molar-refractivity contribution in [3.8, 4) is 17.1 Å². The van der Waals surface area contributed by atoms with Gasteiger partial charge in [-0.2, -0.15) is 4.98 Å². The first kappa shape index (κ1) is 30.0. The van der Waals surface area contributed by atoms with Gasteiger partial charge < -0.3 is 10.1 Å². The molecule has 1 unspecified atom stereocenters. The number of aryl methyl sites for hydroxylation is 2. The number of benzene rings is 2. The van der Waals surface area contributed by atoms with Crippen molar-refractivity contribution < 1.29 is 17.9 Å². The zero-order valence-electron chi connectivity index (χ0n) is 25.4. The average molecular weight is 591 g/mol. The van der Waals surface area contributed by atoms with E-state index in [1.807, 2.05) is 51.1 Å². The van der Waals surface area contributed by atoms with Crippen LogP contribution in [0.2, 0.25) is 0 Å². The van der Waals surface area contributed by atoms with Gasteiger partial charge in [-0.05, 0) is 79.2 Å². The highest BCUT2D eigenvalue weighted by molar-refractivity contribution is 7.92. The van der Waals surface area contributed by atoms with Crippen LogP contribution in [0.5, 0.6) is 5.88 Å². The fourth-order valence-corrected chi connectivity index (χ4v) is 7.56. The van der Waals surface area contributed by atoms with Gasteiger partial charge in [0.15, 0.2) is 0 Å². The Morgan fingerprint density at radius 2 is 1.74 bits per heavy atom. The lowest BCUT2D eigenvalue weighted by molar-refractivity contribution is -0.122. The lowest BCUT2D eigenvalue weighted by Gasteiger charge is -2.45. The molecule has 2 atom stereocenters. The fourth-order valence-electron chi connectivity index (χ4n) is 6.56. The van der Waals surface area contributed by atoms with Gasteiger partial charge in [0.2, 0.25) is 17.7 Å². The number of sulfonamides is 1. The van der Waals surface area contributed by atoms with Gasteiger partial charge >= 0.3 is 0 Å². The molecule has 0 radical (unpaired) electrons. The van der Waals surface area contributed by atoms with Gasteiger partial charge in [0.1, 0.15) is 0 Å². The van der Waals surface area contributed by atoms with Crippen LogP contribution in [-0.4, -0.2) is 36.9 Å². The Morgan fingerprint density at radius 3 is 2.40 bits per heavy atom. The van der Waals surface area contributed by atoms with E-state index in [2.05, 4.69) is 40.8 Å². The van der Waals surface area contributed by atoms with Crippen LogP contribution in [0.15, 0.2) is 53.4 Å². The molecular formula is C33H42N4O4S. The minimum atomic E-state index is -3.97. The van der Waals surface area contributed by atoms with Crippen molar-refractivity contribution >= 4 is 21.9 Å². The molecule has 0 spiro atoms. The van der Waals surface area contributed by atoms with Gasteiger partial charge in [0.05, 0.1) is 17.2 Å². The van der Waals surface area contributed by atoms with E-state index in [9.17, 15) is 13.2 Å². The molecule has 2 N–H and O–H groups in total. The smallest absolute Gasteiger partial charge is 0.264 e. The lowest BCUT2D eigenvalue weighted by Crippen LogP contribution is -2.47. The van der Waals surface area contributed by atoms with Crippen LogP contribution in [0.3, 0.4) is 0 Å². The van der Waals surface area contributed by atoms with Gasteiger partial charge in [0, 0.05) is 30.0 Å². The molecule has 1 amide bonds. The summed E-state index contributed by atoms with van der Waals surface area (Å²) in [5.41, 5.74) is 4.58. The molecule has 2 aromatic carbocycles. The van der Waals surface area contributed by atoms with Crippen molar-refractivity contribution in [1.29, 1.82) is 0 Å². The number of carbonyl (C=O) groups is 1. The van der Waals surface area contributed by atoms with Gasteiger partial charge in [0.25, 0.3) is 10.0 Å². The van der Waals surface area contributed by atoms with E-state index in [-0.39, 0.29) is 46.0 Å². The van der Waals surface area contributed by atoms with Crippen LogP contribution >= 0.6 is 0 Å². The van der Waals surface area contributed by atoms with E-state index in [0.29, 0.717) is 24.6 Å². The maximum absolute atomic E-state index is 13.7. The van der Waals surface area contributed by atoms with E-state index < -0.39 is 10.0 Å². The molecular weight excluding hydrogens is 548 g/mol. The van der Waals surface area contributed by atoms with Crippen molar-refractivity contribution in [2.75, 3.05) is 11.3 Å². The summed E-state index contributed by atoms with van der Waals surface area (Å²) in [6.07, 6.45) is 3.03. The minimum absolute atomic E-state index is 0.00835. The predicted molar refractivity (Wildman–Crippen MR) is 165 cm³/mol. The number of aromatic nitrogens is 2. The highest BCUT2D eigenvalue weighted by Crippen LogP contribution is 2.47. The van der Waals surface area contributed by atoms with E-state index in [4.69, 9.17) is 4.74 Å². The van der Waals surface area contributed by atoms with Crippen LogP contribution < -0.4 is 14.8 Å². The van der Waals surface area contributed by atoms with Crippen LogP contribution in [0.1, 0.15) is 76.0 Å². The van der Waals surface area contributed by atoms with E-state index in [1.165, 1.54) is 0 Å². The number of rotatable bonds is 5. The summed E-state index contributed by atoms with van der Waals surface area (Å²) in [6.45, 7) is 13.0. The van der Waals surface area contributed by atoms with Gasteiger partial charge in [-0.3, -0.25) is 4.79 Å². The molecule has 4 bridgehead atoms. The Balaban J connectivity index is 1.60. The molecule has 1 aliphatic carbocycles. The van der Waals surface area contributed by atoms with E-state index >= 15 is 0 Å². The van der Waals surface area contributed by atoms with Gasteiger partial charge in [-0.25, -0.2) is 18.1 Å². The summed E-state index contributed by atoms with van der Waals surface area (Å²) in [5, 5.41) is 3.13. The van der Waals surface area contributed by atoms with Crippen LogP contribution in [0.4, 0.5) is 5.95 Å². The fraction of sp³-hybridized carbons (Fsp3) is 0.485. The molecule has 2 aliphatic rings. The SMILES string of the molecule is CCC(=O)N[C@H]1C[C@@H](C2c3cccc(c3)S(=O)(=O)Nc3nc(cc(-c4c(C)cccc4C)n3)OC[C@H]2CC(C)(C)C)C1. The molecule has 1 fully saturated rings. The molecule has 1 aliphatic heterocycles. The zero-order valence-corrected chi connectivity index (χ0v) is 26.2. The summed E-state index contributed by atoms with van der Waals surface area (Å²) in [6, 6.07) is 15.2. The molecule has 3 aromatic rings. The molecule has 8 nitrogen and oxygen atoms in total. The Morgan fingerprint density at radius 1 is 1.05 bits per heavy atom. The first-order chi connectivity index (χ1) is 19.8. The number of carbonyl (C=O) groups excluding carboxylic acids is 1. The van der Waals surface area contributed by atoms with Crippen LogP contribution in [-0.2, 0) is 14.8 Å². The van der Waals surface area contributed by atoms with E-state index in [1.54, 1.807) is 18.2 Å². The highest BCUT2D eigenvalue weighted by atomic mass is 32.2. The second-order valence-electron chi connectivity index (χ2n) is 13.1. The molecule has 42 heavy (non-hydrogen) atoms. The van der Waals surface area contributed by atoms with Gasteiger partial charge in [-0.1, -0.05) is 58.0 Å². The third-order valence-corrected chi connectivity index (χ3v) is 9.74. The number of hydrogen-bond acceptors (Lipinski definition) is 6. The molecule has 1 aromatic heterocycles. The maximum atomic E-state index is 13.7. The third-order valence-electron chi connectivity index (χ3n) is 8.42. The quantitative estimate of drug-likeness (QED) is 0.356. The third kappa shape index (κ3) is 6.61. The number of fused-ring (bicyclic) bond motifs is 4. The van der Waals surface area contributed by atoms with Crippen molar-refractivity contribution in [3.05, 3.63) is 65.2 Å². The second kappa shape index (κ2) is 11.7. The predicted octanol–water partition coefficient (Wildman–Crippen LogP) is 6.39. The van der Waals surface area contributed by atoms with Crippen molar-refractivity contribution in [3.63, 3.8) is 0 Å². The Bertz CT molecular complexity index is 1550. The Hall–Kier alpha value is -3.46. The zero-order chi connectivity index (χ0) is 30.2. The molecule has 9 heteroatoms. The summed E-state index contributed by atoms with van der Waals surface area (Å²) in [4.78, 5) is 21.4. The topological polar surface area (TPSA) is 110 Å². The number of anilines is 1. The van der Waals surface area contributed by atoms with E-state index in [0.717, 1.165) is 41.5 Å². The highest BCUT2D eigenvalue weighted by Gasteiger charge is 2.42. The number of hydrogen-bond donors (Lipinski definition) is 2. The lowest BCUT2D eigenvalue weighted by atomic mass is 9.63. The number of amides is 1. The summed E-state index contributed by atoms with van der Waals surface area (Å²) in [5.74, 6) is 0.795. The number of ether oxygens (including phenoxy) is 1. The van der Waals surface area contributed by atoms with Crippen molar-refractivity contribution in [2.45, 2.75) is 84.1 Å². The van der Waals surface area contributed by atoms with Crippen molar-refractivity contribution in [1.82, 2.24) is 15.3 Å². The Kier molecular flexibility index (Phi) is 8.34. The first-order valence-corrected chi connectivity index (χ1v) is 16.3. The monoisotopic (exact) mass is 590 g/mol. The maximum Gasteiger partial charge on any atom is 0.264 e. The molecule has 0 saturated heterocycles. The largest absolute Gasteiger partial charge is 0.477 e. The number of nitrogens with zero attached hydrogens (tertiary/aromatic N) is 2. The molecule has 5 rings (SSSR count). The normalized spacial score (nSPS) is 23.3. The molecule has 1 saturated carbocycles. The van der Waals surface area contributed by atoms with Crippen molar-refractivity contribution in [2.24, 2.45) is 17.3 Å². The summed E-state index contributed by atoms with van der Waals surface area (Å²) >= 11 is 0.